The minimum Gasteiger partial charge on any atom is -0.491 e. The van der Waals surface area contributed by atoms with E-state index in [4.69, 9.17) is 10.5 Å². The lowest BCUT2D eigenvalue weighted by molar-refractivity contribution is 0.0892. The number of rotatable bonds is 6. The number of carbonyl (C=O) groups excluding carboxylic acids is 1. The number of benzene rings is 1. The Morgan fingerprint density at radius 3 is 2.67 bits per heavy atom. The van der Waals surface area contributed by atoms with Crippen molar-refractivity contribution in [3.63, 3.8) is 0 Å². The van der Waals surface area contributed by atoms with Gasteiger partial charge in [-0.1, -0.05) is 25.5 Å². The second kappa shape index (κ2) is 6.01. The standard InChI is InChI=1S/C15H23NO2/c1-5-9-15(4,16)14(17)12-7-6-8-13(10-12)18-11(2)3/h6-8,10-11H,5,9,16H2,1-4H3. The minimum atomic E-state index is -0.800. The topological polar surface area (TPSA) is 52.3 Å². The first-order valence-electron chi connectivity index (χ1n) is 6.47. The van der Waals surface area contributed by atoms with E-state index in [9.17, 15) is 4.79 Å². The third-order valence-electron chi connectivity index (χ3n) is 2.76. The van der Waals surface area contributed by atoms with E-state index in [1.54, 1.807) is 19.1 Å². The lowest BCUT2D eigenvalue weighted by Gasteiger charge is -2.22. The van der Waals surface area contributed by atoms with E-state index in [-0.39, 0.29) is 11.9 Å². The van der Waals surface area contributed by atoms with Gasteiger partial charge in [0.05, 0.1) is 11.6 Å². The molecule has 18 heavy (non-hydrogen) atoms. The van der Waals surface area contributed by atoms with Gasteiger partial charge in [-0.05, 0) is 39.3 Å². The summed E-state index contributed by atoms with van der Waals surface area (Å²) in [6, 6.07) is 7.23. The van der Waals surface area contributed by atoms with Crippen LogP contribution in [0.3, 0.4) is 0 Å². The van der Waals surface area contributed by atoms with Crippen molar-refractivity contribution in [2.45, 2.75) is 52.2 Å². The number of hydrogen-bond acceptors (Lipinski definition) is 3. The van der Waals surface area contributed by atoms with Crippen LogP contribution in [0.1, 0.15) is 50.9 Å². The Labute approximate surface area is 109 Å². The smallest absolute Gasteiger partial charge is 0.182 e. The fraction of sp³-hybridized carbons (Fsp3) is 0.533. The van der Waals surface area contributed by atoms with E-state index in [1.807, 2.05) is 32.9 Å². The number of ether oxygens (including phenoxy) is 1. The van der Waals surface area contributed by atoms with Gasteiger partial charge in [-0.2, -0.15) is 0 Å². The van der Waals surface area contributed by atoms with Crippen LogP contribution in [0.25, 0.3) is 0 Å². The van der Waals surface area contributed by atoms with Crippen LogP contribution < -0.4 is 10.5 Å². The Bertz CT molecular complexity index is 411. The molecule has 2 N–H and O–H groups in total. The van der Waals surface area contributed by atoms with E-state index in [2.05, 4.69) is 0 Å². The van der Waals surface area contributed by atoms with E-state index in [0.29, 0.717) is 17.7 Å². The summed E-state index contributed by atoms with van der Waals surface area (Å²) < 4.78 is 5.58. The largest absolute Gasteiger partial charge is 0.491 e. The number of ketones is 1. The Hall–Kier alpha value is -1.35. The molecule has 0 spiro atoms. The monoisotopic (exact) mass is 249 g/mol. The third kappa shape index (κ3) is 3.84. The van der Waals surface area contributed by atoms with Gasteiger partial charge in [0.2, 0.25) is 0 Å². The van der Waals surface area contributed by atoms with Crippen LogP contribution in [-0.2, 0) is 0 Å². The Morgan fingerprint density at radius 1 is 1.44 bits per heavy atom. The van der Waals surface area contributed by atoms with Gasteiger partial charge in [0.25, 0.3) is 0 Å². The highest BCUT2D eigenvalue weighted by molar-refractivity contribution is 6.03. The Morgan fingerprint density at radius 2 is 2.11 bits per heavy atom. The molecule has 0 amide bonds. The van der Waals surface area contributed by atoms with Gasteiger partial charge < -0.3 is 10.5 Å². The maximum atomic E-state index is 12.3. The molecule has 0 aliphatic rings. The lowest BCUT2D eigenvalue weighted by atomic mass is 9.88. The van der Waals surface area contributed by atoms with Crippen LogP contribution in [0, 0.1) is 0 Å². The van der Waals surface area contributed by atoms with Gasteiger partial charge in [0, 0.05) is 5.56 Å². The molecular weight excluding hydrogens is 226 g/mol. The molecule has 3 heteroatoms. The molecule has 0 bridgehead atoms. The fourth-order valence-electron chi connectivity index (χ4n) is 1.95. The Balaban J connectivity index is 2.92. The quantitative estimate of drug-likeness (QED) is 0.788. The zero-order chi connectivity index (χ0) is 13.8. The van der Waals surface area contributed by atoms with Gasteiger partial charge in [-0.3, -0.25) is 4.79 Å². The van der Waals surface area contributed by atoms with Crippen LogP contribution in [0.2, 0.25) is 0 Å². The first-order chi connectivity index (χ1) is 8.36. The highest BCUT2D eigenvalue weighted by Crippen LogP contribution is 2.20. The molecule has 0 fully saturated rings. The zero-order valence-corrected chi connectivity index (χ0v) is 11.7. The second-order valence-corrected chi connectivity index (χ2v) is 5.19. The molecule has 1 atom stereocenters. The van der Waals surface area contributed by atoms with Crippen molar-refractivity contribution in [2.75, 3.05) is 0 Å². The van der Waals surface area contributed by atoms with Gasteiger partial charge in [0.15, 0.2) is 5.78 Å². The molecule has 3 nitrogen and oxygen atoms in total. The summed E-state index contributed by atoms with van der Waals surface area (Å²) >= 11 is 0. The van der Waals surface area contributed by atoms with Gasteiger partial charge >= 0.3 is 0 Å². The zero-order valence-electron chi connectivity index (χ0n) is 11.7. The molecule has 0 saturated carbocycles. The number of nitrogens with two attached hydrogens (primary N) is 1. The third-order valence-corrected chi connectivity index (χ3v) is 2.76. The van der Waals surface area contributed by atoms with Crippen LogP contribution >= 0.6 is 0 Å². The first kappa shape index (κ1) is 14.7. The predicted molar refractivity (Wildman–Crippen MR) is 74.0 cm³/mol. The molecule has 1 aromatic rings. The summed E-state index contributed by atoms with van der Waals surface area (Å²) in [5, 5.41) is 0. The van der Waals surface area contributed by atoms with Crippen LogP contribution in [0.5, 0.6) is 5.75 Å². The number of hydrogen-bond donors (Lipinski definition) is 1. The maximum Gasteiger partial charge on any atom is 0.182 e. The second-order valence-electron chi connectivity index (χ2n) is 5.19. The highest BCUT2D eigenvalue weighted by atomic mass is 16.5. The summed E-state index contributed by atoms with van der Waals surface area (Å²) in [6.07, 6.45) is 1.66. The van der Waals surface area contributed by atoms with Gasteiger partial charge in [-0.15, -0.1) is 0 Å². The predicted octanol–water partition coefficient (Wildman–Crippen LogP) is 3.17. The summed E-state index contributed by atoms with van der Waals surface area (Å²) in [7, 11) is 0. The van der Waals surface area contributed by atoms with Crippen molar-refractivity contribution < 1.29 is 9.53 Å². The summed E-state index contributed by atoms with van der Waals surface area (Å²) in [5.74, 6) is 0.682. The lowest BCUT2D eigenvalue weighted by Crippen LogP contribution is -2.44. The van der Waals surface area contributed by atoms with Crippen molar-refractivity contribution in [3.05, 3.63) is 29.8 Å². The normalized spacial score (nSPS) is 14.3. The average molecular weight is 249 g/mol. The van der Waals surface area contributed by atoms with Crippen molar-refractivity contribution in [1.82, 2.24) is 0 Å². The summed E-state index contributed by atoms with van der Waals surface area (Å²) in [6.45, 7) is 7.72. The van der Waals surface area contributed by atoms with Crippen molar-refractivity contribution in [3.8, 4) is 5.75 Å². The molecule has 0 aliphatic carbocycles. The van der Waals surface area contributed by atoms with E-state index < -0.39 is 5.54 Å². The number of carbonyl (C=O) groups is 1. The summed E-state index contributed by atoms with van der Waals surface area (Å²) in [5.41, 5.74) is 5.88. The SMILES string of the molecule is CCCC(C)(N)C(=O)c1cccc(OC(C)C)c1. The van der Waals surface area contributed by atoms with Crippen LogP contribution in [-0.4, -0.2) is 17.4 Å². The molecule has 1 rings (SSSR count). The minimum absolute atomic E-state index is 0.0291. The maximum absolute atomic E-state index is 12.3. The molecule has 0 heterocycles. The van der Waals surface area contributed by atoms with Gasteiger partial charge in [0.1, 0.15) is 5.75 Å². The van der Waals surface area contributed by atoms with E-state index in [0.717, 1.165) is 6.42 Å². The first-order valence-corrected chi connectivity index (χ1v) is 6.47. The van der Waals surface area contributed by atoms with Crippen LogP contribution in [0.4, 0.5) is 0 Å². The molecule has 1 unspecified atom stereocenters. The van der Waals surface area contributed by atoms with Gasteiger partial charge in [-0.25, -0.2) is 0 Å². The highest BCUT2D eigenvalue weighted by Gasteiger charge is 2.28. The molecule has 0 radical (unpaired) electrons. The molecular formula is C15H23NO2. The van der Waals surface area contributed by atoms with Crippen molar-refractivity contribution in [2.24, 2.45) is 5.73 Å². The summed E-state index contributed by atoms with van der Waals surface area (Å²) in [4.78, 5) is 12.3. The molecule has 100 valence electrons. The molecule has 0 aliphatic heterocycles. The number of Topliss-reactive ketones (excluding diaryl/α,β-unsaturated/α-hetero) is 1. The van der Waals surface area contributed by atoms with Crippen molar-refractivity contribution >= 4 is 5.78 Å². The van der Waals surface area contributed by atoms with E-state index in [1.165, 1.54) is 0 Å². The molecule has 0 aromatic heterocycles. The van der Waals surface area contributed by atoms with Crippen molar-refractivity contribution in [1.29, 1.82) is 0 Å². The molecule has 1 aromatic carbocycles. The average Bonchev–Trinajstić information content (AvgIpc) is 2.27. The Kier molecular flexibility index (Phi) is 4.91. The fourth-order valence-corrected chi connectivity index (χ4v) is 1.95. The van der Waals surface area contributed by atoms with Crippen LogP contribution in [0.15, 0.2) is 24.3 Å². The molecule has 0 saturated heterocycles. The van der Waals surface area contributed by atoms with E-state index >= 15 is 0 Å².